The van der Waals surface area contributed by atoms with Crippen molar-refractivity contribution in [2.45, 2.75) is 71.9 Å². The lowest BCUT2D eigenvalue weighted by Crippen LogP contribution is -3.12. The van der Waals surface area contributed by atoms with Crippen molar-refractivity contribution in [1.29, 1.82) is 0 Å². The van der Waals surface area contributed by atoms with Crippen LogP contribution in [0.15, 0.2) is 23.0 Å². The van der Waals surface area contributed by atoms with Crippen molar-refractivity contribution in [1.82, 2.24) is 25.2 Å². The van der Waals surface area contributed by atoms with Gasteiger partial charge in [0, 0.05) is 5.39 Å². The summed E-state index contributed by atoms with van der Waals surface area (Å²) >= 11 is 0. The summed E-state index contributed by atoms with van der Waals surface area (Å²) in [6.45, 7) is 12.5. The van der Waals surface area contributed by atoms with Crippen LogP contribution in [0.1, 0.15) is 75.0 Å². The molecular formula is C23H33N6O+. The summed E-state index contributed by atoms with van der Waals surface area (Å²) in [6, 6.07) is 6.07. The van der Waals surface area contributed by atoms with Gasteiger partial charge in [-0.2, -0.15) is 0 Å². The van der Waals surface area contributed by atoms with Gasteiger partial charge < -0.3 is 9.88 Å². The van der Waals surface area contributed by atoms with E-state index >= 15 is 0 Å². The third-order valence-electron chi connectivity index (χ3n) is 6.32. The monoisotopic (exact) mass is 409 g/mol. The SMILES string of the molecule is Cc1ccc(C)c2[nH]c(=O)c([C@H](c3nnnn3C(C)(C)C)[NH+]3CCCCCC3)cc12. The van der Waals surface area contributed by atoms with Crippen molar-refractivity contribution in [3.05, 3.63) is 51.1 Å². The summed E-state index contributed by atoms with van der Waals surface area (Å²) in [7, 11) is 0. The van der Waals surface area contributed by atoms with Crippen LogP contribution in [0.25, 0.3) is 10.9 Å². The highest BCUT2D eigenvalue weighted by Gasteiger charge is 2.36. The number of aryl methyl sites for hydroxylation is 2. The first kappa shape index (κ1) is 20.7. The standard InChI is InChI=1S/C23H32N6O/c1-15-10-11-16(2)19-17(15)14-18(22(30)24-19)20(28-12-8-6-7-9-13-28)21-25-26-27-29(21)23(3,4)5/h10-11,14,20H,6-9,12-13H2,1-5H3,(H,24,30)/p+1/t20-/m1/s1. The number of aromatic nitrogens is 5. The quantitative estimate of drug-likeness (QED) is 0.696. The molecule has 1 aliphatic heterocycles. The minimum Gasteiger partial charge on any atom is -0.322 e. The number of quaternary nitrogens is 1. The third kappa shape index (κ3) is 3.78. The first-order valence-electron chi connectivity index (χ1n) is 11.0. The van der Waals surface area contributed by atoms with Crippen LogP contribution in [0.4, 0.5) is 0 Å². The fourth-order valence-corrected chi connectivity index (χ4v) is 4.67. The summed E-state index contributed by atoms with van der Waals surface area (Å²) in [5.74, 6) is 0.773. The van der Waals surface area contributed by atoms with Crippen molar-refractivity contribution in [3.8, 4) is 0 Å². The molecule has 1 fully saturated rings. The molecule has 3 heterocycles. The fraction of sp³-hybridized carbons (Fsp3) is 0.565. The Kier molecular flexibility index (Phi) is 5.49. The summed E-state index contributed by atoms with van der Waals surface area (Å²) in [4.78, 5) is 17.9. The maximum Gasteiger partial charge on any atom is 0.258 e. The number of H-pyrrole nitrogens is 1. The molecule has 2 aromatic heterocycles. The molecule has 7 nitrogen and oxygen atoms in total. The van der Waals surface area contributed by atoms with Gasteiger partial charge in [-0.1, -0.05) is 12.1 Å². The summed E-state index contributed by atoms with van der Waals surface area (Å²) in [5, 5.41) is 13.9. The minimum atomic E-state index is -0.265. The van der Waals surface area contributed by atoms with Gasteiger partial charge in [0.05, 0.1) is 29.7 Å². The number of benzene rings is 1. The highest BCUT2D eigenvalue weighted by Crippen LogP contribution is 2.25. The number of fused-ring (bicyclic) bond motifs is 1. The van der Waals surface area contributed by atoms with Crippen molar-refractivity contribution < 1.29 is 4.90 Å². The van der Waals surface area contributed by atoms with E-state index in [2.05, 4.69) is 66.4 Å². The normalized spacial score (nSPS) is 17.2. The molecule has 0 saturated carbocycles. The molecule has 1 saturated heterocycles. The zero-order chi connectivity index (χ0) is 21.5. The second kappa shape index (κ2) is 7.95. The Morgan fingerprint density at radius 2 is 1.73 bits per heavy atom. The van der Waals surface area contributed by atoms with E-state index < -0.39 is 0 Å². The van der Waals surface area contributed by atoms with Gasteiger partial charge in [0.25, 0.3) is 5.56 Å². The van der Waals surface area contributed by atoms with E-state index in [0.717, 1.165) is 59.3 Å². The molecule has 1 atom stereocenters. The topological polar surface area (TPSA) is 80.9 Å². The average molecular weight is 410 g/mol. The van der Waals surface area contributed by atoms with E-state index in [1.165, 1.54) is 17.7 Å². The zero-order valence-electron chi connectivity index (χ0n) is 18.7. The number of hydrogen-bond donors (Lipinski definition) is 2. The van der Waals surface area contributed by atoms with Crippen LogP contribution in [-0.4, -0.2) is 38.3 Å². The second-order valence-corrected chi connectivity index (χ2v) is 9.67. The first-order valence-corrected chi connectivity index (χ1v) is 11.0. The molecule has 0 spiro atoms. The average Bonchev–Trinajstić information content (AvgIpc) is 3.03. The lowest BCUT2D eigenvalue weighted by Gasteiger charge is -2.29. The summed E-state index contributed by atoms with van der Waals surface area (Å²) < 4.78 is 1.89. The number of pyridine rings is 1. The molecule has 4 rings (SSSR count). The van der Waals surface area contributed by atoms with Crippen LogP contribution in [0.2, 0.25) is 0 Å². The van der Waals surface area contributed by atoms with E-state index in [1.807, 2.05) is 11.6 Å². The number of tetrazole rings is 1. The van der Waals surface area contributed by atoms with Gasteiger partial charge in [-0.25, -0.2) is 4.68 Å². The lowest BCUT2D eigenvalue weighted by molar-refractivity contribution is -0.925. The predicted molar refractivity (Wildman–Crippen MR) is 118 cm³/mol. The number of likely N-dealkylation sites (tertiary alicyclic amines) is 1. The van der Waals surface area contributed by atoms with E-state index in [-0.39, 0.29) is 17.1 Å². The van der Waals surface area contributed by atoms with Gasteiger partial charge in [-0.15, -0.1) is 5.10 Å². The molecule has 2 N–H and O–H groups in total. The van der Waals surface area contributed by atoms with Gasteiger partial charge in [0.2, 0.25) is 5.82 Å². The molecule has 0 bridgehead atoms. The van der Waals surface area contributed by atoms with Crippen LogP contribution in [-0.2, 0) is 5.54 Å². The van der Waals surface area contributed by atoms with Crippen LogP contribution >= 0.6 is 0 Å². The van der Waals surface area contributed by atoms with Crippen molar-refractivity contribution in [2.75, 3.05) is 13.1 Å². The van der Waals surface area contributed by atoms with Crippen molar-refractivity contribution in [3.63, 3.8) is 0 Å². The van der Waals surface area contributed by atoms with Gasteiger partial charge in [-0.05, 0) is 87.9 Å². The Labute approximate surface area is 177 Å². The highest BCUT2D eigenvalue weighted by molar-refractivity contribution is 5.85. The molecular weight excluding hydrogens is 376 g/mol. The maximum atomic E-state index is 13.4. The van der Waals surface area contributed by atoms with Crippen LogP contribution in [0.3, 0.4) is 0 Å². The number of nitrogens with zero attached hydrogens (tertiary/aromatic N) is 4. The largest absolute Gasteiger partial charge is 0.322 e. The third-order valence-corrected chi connectivity index (χ3v) is 6.32. The molecule has 0 radical (unpaired) electrons. The molecule has 0 unspecified atom stereocenters. The van der Waals surface area contributed by atoms with E-state index in [9.17, 15) is 4.79 Å². The summed E-state index contributed by atoms with van der Waals surface area (Å²) in [5.41, 5.74) is 3.61. The molecule has 3 aromatic rings. The smallest absolute Gasteiger partial charge is 0.258 e. The number of rotatable bonds is 3. The van der Waals surface area contributed by atoms with Gasteiger partial charge in [-0.3, -0.25) is 4.79 Å². The van der Waals surface area contributed by atoms with Gasteiger partial charge >= 0.3 is 0 Å². The van der Waals surface area contributed by atoms with Crippen molar-refractivity contribution >= 4 is 10.9 Å². The van der Waals surface area contributed by atoms with Gasteiger partial charge in [0.15, 0.2) is 6.04 Å². The predicted octanol–water partition coefficient (Wildman–Crippen LogP) is 2.43. The first-order chi connectivity index (χ1) is 14.3. The Bertz CT molecular complexity index is 1100. The maximum absolute atomic E-state index is 13.4. The fourth-order valence-electron chi connectivity index (χ4n) is 4.67. The van der Waals surface area contributed by atoms with Crippen molar-refractivity contribution in [2.24, 2.45) is 0 Å². The molecule has 7 heteroatoms. The molecule has 1 aliphatic rings. The Hall–Kier alpha value is -2.54. The number of hydrogen-bond acceptors (Lipinski definition) is 4. The second-order valence-electron chi connectivity index (χ2n) is 9.67. The minimum absolute atomic E-state index is 0.0404. The Morgan fingerprint density at radius 1 is 1.07 bits per heavy atom. The highest BCUT2D eigenvalue weighted by atomic mass is 16.1. The molecule has 1 aromatic carbocycles. The van der Waals surface area contributed by atoms with Crippen LogP contribution in [0.5, 0.6) is 0 Å². The Morgan fingerprint density at radius 3 is 2.40 bits per heavy atom. The molecule has 0 aliphatic carbocycles. The van der Waals surface area contributed by atoms with Crippen LogP contribution < -0.4 is 10.5 Å². The van der Waals surface area contributed by atoms with E-state index in [4.69, 9.17) is 0 Å². The van der Waals surface area contributed by atoms with E-state index in [1.54, 1.807) is 0 Å². The number of nitrogens with one attached hydrogen (secondary N) is 2. The molecule has 30 heavy (non-hydrogen) atoms. The molecule has 160 valence electrons. The number of aromatic amines is 1. The Balaban J connectivity index is 1.95. The van der Waals surface area contributed by atoms with Gasteiger partial charge in [0.1, 0.15) is 0 Å². The lowest BCUT2D eigenvalue weighted by atomic mass is 9.98. The zero-order valence-corrected chi connectivity index (χ0v) is 18.7. The molecule has 0 amide bonds. The summed E-state index contributed by atoms with van der Waals surface area (Å²) in [6.07, 6.45) is 4.80. The van der Waals surface area contributed by atoms with E-state index in [0.29, 0.717) is 0 Å². The van der Waals surface area contributed by atoms with Crippen LogP contribution in [0, 0.1) is 13.8 Å².